The van der Waals surface area contributed by atoms with Crippen molar-refractivity contribution in [2.45, 2.75) is 50.7 Å². The van der Waals surface area contributed by atoms with E-state index in [4.69, 9.17) is 0 Å². The summed E-state index contributed by atoms with van der Waals surface area (Å²) >= 11 is 0. The SMILES string of the molecule is CC(C)C(OC(=O)C1CC2C=CC1C2)C(O)(C(F)(F)F)C(F)(F)F. The molecule has 2 bridgehead atoms. The van der Waals surface area contributed by atoms with E-state index in [1.165, 1.54) is 0 Å². The first-order valence-electron chi connectivity index (χ1n) is 7.53. The Balaban J connectivity index is 2.28. The molecule has 1 fully saturated rings. The molecule has 0 saturated heterocycles. The minimum absolute atomic E-state index is 0.0918. The van der Waals surface area contributed by atoms with Crippen LogP contribution in [0.15, 0.2) is 12.2 Å². The number of hydrogen-bond acceptors (Lipinski definition) is 3. The molecule has 2 rings (SSSR count). The Morgan fingerprint density at radius 3 is 1.96 bits per heavy atom. The second-order valence-electron chi connectivity index (χ2n) is 6.75. The molecule has 2 aliphatic rings. The molecule has 1 N–H and O–H groups in total. The van der Waals surface area contributed by atoms with Gasteiger partial charge in [-0.25, -0.2) is 0 Å². The molecular weight excluding hydrogens is 342 g/mol. The average molecular weight is 360 g/mol. The molecule has 0 aromatic heterocycles. The highest BCUT2D eigenvalue weighted by molar-refractivity contribution is 5.74. The van der Waals surface area contributed by atoms with Gasteiger partial charge >= 0.3 is 18.3 Å². The minimum atomic E-state index is -6.03. The molecule has 138 valence electrons. The molecule has 2 aliphatic carbocycles. The van der Waals surface area contributed by atoms with Crippen molar-refractivity contribution >= 4 is 5.97 Å². The maximum atomic E-state index is 13.0. The van der Waals surface area contributed by atoms with Crippen LogP contribution in [0.1, 0.15) is 26.7 Å². The molecule has 4 atom stereocenters. The van der Waals surface area contributed by atoms with E-state index in [0.717, 1.165) is 13.8 Å². The third-order valence-electron chi connectivity index (χ3n) is 4.71. The van der Waals surface area contributed by atoms with Crippen LogP contribution in [0.2, 0.25) is 0 Å². The number of alkyl halides is 6. The Bertz CT molecular complexity index is 508. The molecule has 0 radical (unpaired) electrons. The van der Waals surface area contributed by atoms with E-state index < -0.39 is 41.9 Å². The summed E-state index contributed by atoms with van der Waals surface area (Å²) in [6.45, 7) is 2.06. The van der Waals surface area contributed by atoms with Crippen LogP contribution in [0.25, 0.3) is 0 Å². The van der Waals surface area contributed by atoms with Gasteiger partial charge in [0.2, 0.25) is 0 Å². The minimum Gasteiger partial charge on any atom is -0.458 e. The number of aliphatic hydroxyl groups is 1. The zero-order chi connectivity index (χ0) is 18.5. The van der Waals surface area contributed by atoms with Gasteiger partial charge in [-0.15, -0.1) is 0 Å². The van der Waals surface area contributed by atoms with Gasteiger partial charge in [0.15, 0.2) is 6.10 Å². The third kappa shape index (κ3) is 3.02. The molecule has 1 saturated carbocycles. The summed E-state index contributed by atoms with van der Waals surface area (Å²) in [5.41, 5.74) is -5.11. The van der Waals surface area contributed by atoms with E-state index in [9.17, 15) is 36.2 Å². The average Bonchev–Trinajstić information content (AvgIpc) is 3.03. The number of fused-ring (bicyclic) bond motifs is 2. The summed E-state index contributed by atoms with van der Waals surface area (Å²) in [6, 6.07) is 0. The molecule has 24 heavy (non-hydrogen) atoms. The van der Waals surface area contributed by atoms with E-state index in [1.807, 2.05) is 6.08 Å². The number of halogens is 6. The van der Waals surface area contributed by atoms with Gasteiger partial charge in [-0.2, -0.15) is 26.3 Å². The number of ether oxygens (including phenoxy) is 1. The summed E-state index contributed by atoms with van der Waals surface area (Å²) in [4.78, 5) is 12.1. The van der Waals surface area contributed by atoms with E-state index in [1.54, 1.807) is 6.08 Å². The maximum absolute atomic E-state index is 13.0. The number of carbonyl (C=O) groups excluding carboxylic acids is 1. The molecule has 0 amide bonds. The first kappa shape index (κ1) is 19.1. The van der Waals surface area contributed by atoms with Gasteiger partial charge in [0.25, 0.3) is 5.60 Å². The summed E-state index contributed by atoms with van der Waals surface area (Å²) < 4.78 is 82.7. The molecular formula is C15H18F6O3. The van der Waals surface area contributed by atoms with Gasteiger partial charge in [0.1, 0.15) is 0 Å². The molecule has 0 aliphatic heterocycles. The van der Waals surface area contributed by atoms with Crippen LogP contribution in [0.3, 0.4) is 0 Å². The summed E-state index contributed by atoms with van der Waals surface area (Å²) in [7, 11) is 0. The van der Waals surface area contributed by atoms with E-state index in [2.05, 4.69) is 4.74 Å². The Kier molecular flexibility index (Phi) is 4.71. The van der Waals surface area contributed by atoms with Crippen molar-refractivity contribution in [1.82, 2.24) is 0 Å². The monoisotopic (exact) mass is 360 g/mol. The number of hydrogen-bond donors (Lipinski definition) is 1. The predicted octanol–water partition coefficient (Wildman–Crippen LogP) is 3.62. The third-order valence-corrected chi connectivity index (χ3v) is 4.71. The lowest BCUT2D eigenvalue weighted by molar-refractivity contribution is -0.395. The van der Waals surface area contributed by atoms with Crippen molar-refractivity contribution in [1.29, 1.82) is 0 Å². The summed E-state index contributed by atoms with van der Waals surface area (Å²) in [6.07, 6.45) is -10.3. The fraction of sp³-hybridized carbons (Fsp3) is 0.800. The molecule has 9 heteroatoms. The van der Waals surface area contributed by atoms with Crippen LogP contribution in [-0.4, -0.2) is 35.1 Å². The van der Waals surface area contributed by atoms with Crippen molar-refractivity contribution < 1.29 is 41.0 Å². The summed E-state index contributed by atoms with van der Waals surface area (Å²) in [5.74, 6) is -3.44. The second kappa shape index (κ2) is 5.93. The van der Waals surface area contributed by atoms with Crippen molar-refractivity contribution in [2.24, 2.45) is 23.7 Å². The first-order chi connectivity index (χ1) is 10.8. The van der Waals surface area contributed by atoms with Gasteiger partial charge in [-0.3, -0.25) is 4.79 Å². The topological polar surface area (TPSA) is 46.5 Å². The fourth-order valence-electron chi connectivity index (χ4n) is 3.45. The highest BCUT2D eigenvalue weighted by atomic mass is 19.4. The fourth-order valence-corrected chi connectivity index (χ4v) is 3.45. The second-order valence-corrected chi connectivity index (χ2v) is 6.75. The van der Waals surface area contributed by atoms with Crippen molar-refractivity contribution in [3.63, 3.8) is 0 Å². The smallest absolute Gasteiger partial charge is 0.430 e. The molecule has 4 unspecified atom stereocenters. The van der Waals surface area contributed by atoms with E-state index in [-0.39, 0.29) is 11.8 Å². The van der Waals surface area contributed by atoms with Crippen LogP contribution < -0.4 is 0 Å². The van der Waals surface area contributed by atoms with Crippen LogP contribution in [-0.2, 0) is 9.53 Å². The Hall–Kier alpha value is -1.25. The number of allylic oxidation sites excluding steroid dienone is 2. The Labute approximate surface area is 134 Å². The summed E-state index contributed by atoms with van der Waals surface area (Å²) in [5, 5.41) is 9.50. The Morgan fingerprint density at radius 1 is 1.08 bits per heavy atom. The van der Waals surface area contributed by atoms with Gasteiger partial charge in [-0.1, -0.05) is 26.0 Å². The first-order valence-corrected chi connectivity index (χ1v) is 7.53. The highest BCUT2D eigenvalue weighted by Gasteiger charge is 2.76. The molecule has 0 aromatic rings. The predicted molar refractivity (Wildman–Crippen MR) is 70.6 cm³/mol. The number of esters is 1. The lowest BCUT2D eigenvalue weighted by Gasteiger charge is -2.40. The molecule has 0 spiro atoms. The molecule has 0 aromatic carbocycles. The Morgan fingerprint density at radius 2 is 1.62 bits per heavy atom. The van der Waals surface area contributed by atoms with Crippen molar-refractivity contribution in [3.8, 4) is 0 Å². The largest absolute Gasteiger partial charge is 0.458 e. The van der Waals surface area contributed by atoms with Crippen LogP contribution in [0.4, 0.5) is 26.3 Å². The van der Waals surface area contributed by atoms with Crippen LogP contribution in [0.5, 0.6) is 0 Å². The zero-order valence-electron chi connectivity index (χ0n) is 13.0. The molecule has 3 nitrogen and oxygen atoms in total. The van der Waals surface area contributed by atoms with Gasteiger partial charge in [0, 0.05) is 0 Å². The van der Waals surface area contributed by atoms with Crippen LogP contribution >= 0.6 is 0 Å². The normalized spacial score (nSPS) is 28.5. The standard InChI is InChI=1S/C15H18F6O3/c1-7(2)11(13(23,14(16,17)18)15(19,20)21)24-12(22)10-6-8-3-4-9(10)5-8/h3-4,7-11,23H,5-6H2,1-2H3. The molecule has 0 heterocycles. The quantitative estimate of drug-likeness (QED) is 0.473. The number of rotatable bonds is 4. The zero-order valence-corrected chi connectivity index (χ0v) is 13.0. The van der Waals surface area contributed by atoms with Gasteiger partial charge < -0.3 is 9.84 Å². The van der Waals surface area contributed by atoms with E-state index >= 15 is 0 Å². The number of carbonyl (C=O) groups is 1. The highest BCUT2D eigenvalue weighted by Crippen LogP contribution is 2.49. The van der Waals surface area contributed by atoms with Crippen LogP contribution in [0, 0.1) is 23.7 Å². The van der Waals surface area contributed by atoms with Crippen molar-refractivity contribution in [3.05, 3.63) is 12.2 Å². The van der Waals surface area contributed by atoms with E-state index in [0.29, 0.717) is 12.8 Å². The van der Waals surface area contributed by atoms with Gasteiger partial charge in [-0.05, 0) is 30.6 Å². The van der Waals surface area contributed by atoms with Crippen molar-refractivity contribution in [2.75, 3.05) is 0 Å². The lowest BCUT2D eigenvalue weighted by Crippen LogP contribution is -2.66. The van der Waals surface area contributed by atoms with Gasteiger partial charge in [0.05, 0.1) is 5.92 Å². The maximum Gasteiger partial charge on any atom is 0.430 e. The lowest BCUT2D eigenvalue weighted by atomic mass is 9.86.